The van der Waals surface area contributed by atoms with Crippen LogP contribution in [0.25, 0.3) is 0 Å². The van der Waals surface area contributed by atoms with Gasteiger partial charge in [-0.1, -0.05) is 37.6 Å². The monoisotopic (exact) mass is 453 g/mol. The molecule has 0 saturated carbocycles. The van der Waals surface area contributed by atoms with Crippen LogP contribution in [-0.4, -0.2) is 19.3 Å². The third-order valence-corrected chi connectivity index (χ3v) is 4.12. The molecule has 1 aliphatic rings. The largest absolute Gasteiger partial charge is 0.454 e. The zero-order valence-corrected chi connectivity index (χ0v) is 17.0. The summed E-state index contributed by atoms with van der Waals surface area (Å²) < 4.78 is 10.8. The summed E-state index contributed by atoms with van der Waals surface area (Å²) in [5.74, 6) is 1.99. The molecule has 25 heavy (non-hydrogen) atoms. The van der Waals surface area contributed by atoms with Crippen molar-refractivity contribution in [1.82, 2.24) is 0 Å². The smallest absolute Gasteiger partial charge is 0.231 e. The predicted molar refractivity (Wildman–Crippen MR) is 112 cm³/mol. The molecule has 5 nitrogen and oxygen atoms in total. The molecule has 1 aliphatic heterocycles. The van der Waals surface area contributed by atoms with E-state index in [1.807, 2.05) is 42.5 Å². The quantitative estimate of drug-likeness (QED) is 0.417. The molecule has 0 bridgehead atoms. The molecule has 0 aromatic heterocycles. The number of aliphatic imine (C=N–C) groups is 1. The lowest BCUT2D eigenvalue weighted by Gasteiger charge is -2.23. The van der Waals surface area contributed by atoms with Gasteiger partial charge in [0.05, 0.1) is 6.54 Å². The lowest BCUT2D eigenvalue weighted by Crippen LogP contribution is -2.27. The van der Waals surface area contributed by atoms with Gasteiger partial charge in [-0.15, -0.1) is 24.0 Å². The van der Waals surface area contributed by atoms with E-state index in [-0.39, 0.29) is 36.2 Å². The molecule has 0 atom stereocenters. The lowest BCUT2D eigenvalue weighted by atomic mass is 9.84. The third-order valence-electron chi connectivity index (χ3n) is 4.12. The average Bonchev–Trinajstić information content (AvgIpc) is 3.03. The minimum Gasteiger partial charge on any atom is -0.454 e. The number of ether oxygens (including phenoxy) is 2. The molecular weight excluding hydrogens is 429 g/mol. The molecule has 0 radical (unpaired) electrons. The number of hydrogen-bond acceptors (Lipinski definition) is 3. The zero-order chi connectivity index (χ0) is 17.2. The fraction of sp³-hybridized carbons (Fsp3) is 0.316. The molecule has 0 fully saturated rings. The summed E-state index contributed by atoms with van der Waals surface area (Å²) >= 11 is 0. The van der Waals surface area contributed by atoms with E-state index < -0.39 is 0 Å². The molecule has 3 rings (SSSR count). The molecule has 0 spiro atoms. The zero-order valence-electron chi connectivity index (χ0n) is 14.7. The Balaban J connectivity index is 0.00000225. The molecule has 3 N–H and O–H groups in total. The first-order valence-corrected chi connectivity index (χ1v) is 7.98. The Hall–Kier alpha value is -1.96. The minimum atomic E-state index is -0.166. The fourth-order valence-corrected chi connectivity index (χ4v) is 2.52. The Morgan fingerprint density at radius 3 is 2.52 bits per heavy atom. The molecule has 2 aromatic carbocycles. The number of nitrogens with zero attached hydrogens (tertiary/aromatic N) is 1. The highest BCUT2D eigenvalue weighted by Gasteiger charge is 2.23. The maximum atomic E-state index is 6.01. The molecule has 1 heterocycles. The minimum absolute atomic E-state index is 0. The van der Waals surface area contributed by atoms with Gasteiger partial charge in [0, 0.05) is 11.1 Å². The van der Waals surface area contributed by atoms with Crippen molar-refractivity contribution < 1.29 is 9.47 Å². The lowest BCUT2D eigenvalue weighted by molar-refractivity contribution is 0.174. The maximum absolute atomic E-state index is 6.01. The van der Waals surface area contributed by atoms with Crippen molar-refractivity contribution in [2.45, 2.75) is 26.2 Å². The van der Waals surface area contributed by atoms with E-state index >= 15 is 0 Å². The first-order chi connectivity index (χ1) is 11.4. The predicted octanol–water partition coefficient (Wildman–Crippen LogP) is 4.05. The molecule has 6 heteroatoms. The van der Waals surface area contributed by atoms with Crippen molar-refractivity contribution in [2.24, 2.45) is 10.7 Å². The van der Waals surface area contributed by atoms with Gasteiger partial charge in [0.2, 0.25) is 6.79 Å². The Bertz CT molecular complexity index is 758. The van der Waals surface area contributed by atoms with E-state index in [4.69, 9.17) is 15.2 Å². The Morgan fingerprint density at radius 2 is 1.80 bits per heavy atom. The van der Waals surface area contributed by atoms with Crippen molar-refractivity contribution in [3.05, 3.63) is 53.6 Å². The van der Waals surface area contributed by atoms with Crippen LogP contribution >= 0.6 is 24.0 Å². The maximum Gasteiger partial charge on any atom is 0.231 e. The standard InChI is InChI=1S/C19H23N3O2.HI/c1-13-4-7-15(8-5-13)22-18(20)21-11-19(2,3)14-6-9-16-17(10-14)24-12-23-16;/h4-10H,11-12H2,1-3H3,(H3,20,21,22);1H. The first-order valence-electron chi connectivity index (χ1n) is 7.98. The van der Waals surface area contributed by atoms with Crippen LogP contribution < -0.4 is 20.5 Å². The van der Waals surface area contributed by atoms with Crippen LogP contribution in [0.1, 0.15) is 25.0 Å². The number of guanidine groups is 1. The second kappa shape index (κ2) is 7.95. The summed E-state index contributed by atoms with van der Waals surface area (Å²) in [5.41, 5.74) is 9.13. The van der Waals surface area contributed by atoms with Crippen LogP contribution in [0, 0.1) is 6.92 Å². The molecule has 0 amide bonds. The van der Waals surface area contributed by atoms with Crippen molar-refractivity contribution in [3.8, 4) is 11.5 Å². The summed E-state index contributed by atoms with van der Waals surface area (Å²) in [4.78, 5) is 4.49. The van der Waals surface area contributed by atoms with Crippen LogP contribution in [0.3, 0.4) is 0 Å². The van der Waals surface area contributed by atoms with Gasteiger partial charge in [0.25, 0.3) is 0 Å². The summed E-state index contributed by atoms with van der Waals surface area (Å²) in [6, 6.07) is 14.0. The van der Waals surface area contributed by atoms with Gasteiger partial charge in [-0.25, -0.2) is 0 Å². The number of fused-ring (bicyclic) bond motifs is 1. The topological polar surface area (TPSA) is 68.9 Å². The number of rotatable bonds is 4. The highest BCUT2D eigenvalue weighted by molar-refractivity contribution is 14.0. The van der Waals surface area contributed by atoms with Gasteiger partial charge in [-0.3, -0.25) is 4.99 Å². The van der Waals surface area contributed by atoms with E-state index in [0.717, 1.165) is 22.7 Å². The highest BCUT2D eigenvalue weighted by Crippen LogP contribution is 2.36. The fourth-order valence-electron chi connectivity index (χ4n) is 2.52. The van der Waals surface area contributed by atoms with Gasteiger partial charge in [0.1, 0.15) is 0 Å². The number of nitrogens with two attached hydrogens (primary N) is 1. The van der Waals surface area contributed by atoms with Gasteiger partial charge >= 0.3 is 0 Å². The van der Waals surface area contributed by atoms with Gasteiger partial charge in [0.15, 0.2) is 17.5 Å². The van der Waals surface area contributed by atoms with Crippen LogP contribution in [-0.2, 0) is 5.41 Å². The van der Waals surface area contributed by atoms with Crippen molar-refractivity contribution >= 4 is 35.6 Å². The van der Waals surface area contributed by atoms with Crippen molar-refractivity contribution in [3.63, 3.8) is 0 Å². The number of benzene rings is 2. The molecule has 134 valence electrons. The Kier molecular flexibility index (Phi) is 6.16. The SMILES string of the molecule is Cc1ccc(NC(N)=NCC(C)(C)c2ccc3c(c2)OCO3)cc1.I. The number of anilines is 1. The van der Waals surface area contributed by atoms with E-state index in [1.54, 1.807) is 0 Å². The normalized spacial score (nSPS) is 13.3. The summed E-state index contributed by atoms with van der Waals surface area (Å²) in [6.45, 7) is 7.16. The number of aryl methyl sites for hydroxylation is 1. The van der Waals surface area contributed by atoms with Crippen LogP contribution in [0.4, 0.5) is 5.69 Å². The Morgan fingerprint density at radius 1 is 1.12 bits per heavy atom. The van der Waals surface area contributed by atoms with Crippen LogP contribution in [0.5, 0.6) is 11.5 Å². The van der Waals surface area contributed by atoms with Gasteiger partial charge in [-0.05, 0) is 36.8 Å². The Labute approximate surface area is 165 Å². The third kappa shape index (κ3) is 4.78. The van der Waals surface area contributed by atoms with Gasteiger partial charge < -0.3 is 20.5 Å². The molecule has 2 aromatic rings. The first kappa shape index (κ1) is 19.4. The molecule has 0 aliphatic carbocycles. The van der Waals surface area contributed by atoms with Crippen LogP contribution in [0.15, 0.2) is 47.5 Å². The molecule has 0 unspecified atom stereocenters. The summed E-state index contributed by atoms with van der Waals surface area (Å²) in [7, 11) is 0. The molecular formula is C19H24IN3O2. The number of hydrogen-bond donors (Lipinski definition) is 2. The van der Waals surface area contributed by atoms with E-state index in [9.17, 15) is 0 Å². The number of halogens is 1. The molecule has 0 saturated heterocycles. The summed E-state index contributed by atoms with van der Waals surface area (Å²) in [6.07, 6.45) is 0. The number of nitrogens with one attached hydrogen (secondary N) is 1. The second-order valence-corrected chi connectivity index (χ2v) is 6.64. The highest BCUT2D eigenvalue weighted by atomic mass is 127. The van der Waals surface area contributed by atoms with Crippen molar-refractivity contribution in [2.75, 3.05) is 18.7 Å². The summed E-state index contributed by atoms with van der Waals surface area (Å²) in [5, 5.41) is 3.12. The van der Waals surface area contributed by atoms with Crippen LogP contribution in [0.2, 0.25) is 0 Å². The average molecular weight is 453 g/mol. The van der Waals surface area contributed by atoms with Crippen molar-refractivity contribution in [1.29, 1.82) is 0 Å². The van der Waals surface area contributed by atoms with Gasteiger partial charge in [-0.2, -0.15) is 0 Å². The second-order valence-electron chi connectivity index (χ2n) is 6.64. The van der Waals surface area contributed by atoms with E-state index in [0.29, 0.717) is 12.5 Å². The van der Waals surface area contributed by atoms with E-state index in [1.165, 1.54) is 5.56 Å². The van der Waals surface area contributed by atoms with E-state index in [2.05, 4.69) is 31.1 Å².